The van der Waals surface area contributed by atoms with E-state index in [-0.39, 0.29) is 5.91 Å². The number of hydrogen-bond acceptors (Lipinski definition) is 4. The highest BCUT2D eigenvalue weighted by atomic mass is 32.1. The number of quaternary nitrogens is 1. The molecule has 0 radical (unpaired) electrons. The molecule has 1 N–H and O–H groups in total. The predicted molar refractivity (Wildman–Crippen MR) is 118 cm³/mol. The molecule has 3 aromatic rings. The van der Waals surface area contributed by atoms with Gasteiger partial charge in [-0.05, 0) is 24.1 Å². The van der Waals surface area contributed by atoms with Gasteiger partial charge in [0.05, 0.1) is 30.0 Å². The van der Waals surface area contributed by atoms with Gasteiger partial charge >= 0.3 is 0 Å². The summed E-state index contributed by atoms with van der Waals surface area (Å²) in [6, 6.07) is 18.3. The molecule has 1 aliphatic heterocycles. The number of aryl methyl sites for hydroxylation is 1. The first-order valence-electron chi connectivity index (χ1n) is 10.4. The number of para-hydroxylation sites is 1. The molecular formula is C23H28N3O2S+. The molecule has 1 saturated heterocycles. The molecule has 1 fully saturated rings. The zero-order valence-electron chi connectivity index (χ0n) is 16.7. The average Bonchev–Trinajstić information content (AvgIpc) is 3.20. The van der Waals surface area contributed by atoms with E-state index in [1.54, 1.807) is 16.2 Å². The zero-order chi connectivity index (χ0) is 19.9. The number of benzene rings is 2. The Morgan fingerprint density at radius 2 is 1.83 bits per heavy atom. The molecule has 5 nitrogen and oxygen atoms in total. The lowest BCUT2D eigenvalue weighted by molar-refractivity contribution is -0.908. The number of aromatic nitrogens is 1. The van der Waals surface area contributed by atoms with Gasteiger partial charge in [0.25, 0.3) is 0 Å². The fraction of sp³-hybridized carbons (Fsp3) is 0.391. The van der Waals surface area contributed by atoms with E-state index in [1.807, 2.05) is 41.3 Å². The van der Waals surface area contributed by atoms with E-state index in [2.05, 4.69) is 18.2 Å². The van der Waals surface area contributed by atoms with Crippen molar-refractivity contribution in [1.29, 1.82) is 0 Å². The summed E-state index contributed by atoms with van der Waals surface area (Å²) in [5.41, 5.74) is 2.16. The number of carbonyl (C=O) groups is 1. The monoisotopic (exact) mass is 410 g/mol. The molecule has 0 unspecified atom stereocenters. The minimum atomic E-state index is 0.157. The number of morpholine rings is 1. The molecule has 0 aliphatic carbocycles. The van der Waals surface area contributed by atoms with Crippen molar-refractivity contribution in [3.8, 4) is 0 Å². The Kier molecular flexibility index (Phi) is 6.87. The molecule has 1 aromatic heterocycles. The van der Waals surface area contributed by atoms with Crippen molar-refractivity contribution in [2.24, 2.45) is 0 Å². The minimum Gasteiger partial charge on any atom is -0.370 e. The van der Waals surface area contributed by atoms with Gasteiger partial charge in [0.15, 0.2) is 5.13 Å². The van der Waals surface area contributed by atoms with Crippen LogP contribution in [-0.4, -0.2) is 50.3 Å². The van der Waals surface area contributed by atoms with E-state index in [4.69, 9.17) is 9.72 Å². The van der Waals surface area contributed by atoms with Crippen LogP contribution in [0.2, 0.25) is 0 Å². The maximum absolute atomic E-state index is 13.1. The smallest absolute Gasteiger partial charge is 0.229 e. The largest absolute Gasteiger partial charge is 0.370 e. The summed E-state index contributed by atoms with van der Waals surface area (Å²) in [5, 5.41) is 0.821. The quantitative estimate of drug-likeness (QED) is 0.621. The first kappa shape index (κ1) is 20.0. The SMILES string of the molecule is O=C(CCc1ccccc1)N(CCC[NH+]1CCOCC1)c1nc2ccccc2s1. The molecule has 6 heteroatoms. The van der Waals surface area contributed by atoms with E-state index in [0.717, 1.165) is 67.6 Å². The second-order valence-electron chi connectivity index (χ2n) is 7.46. The summed E-state index contributed by atoms with van der Waals surface area (Å²) in [5.74, 6) is 0.157. The van der Waals surface area contributed by atoms with Gasteiger partial charge in [0.2, 0.25) is 5.91 Å². The Morgan fingerprint density at radius 1 is 1.07 bits per heavy atom. The number of rotatable bonds is 8. The van der Waals surface area contributed by atoms with Crippen molar-refractivity contribution in [2.45, 2.75) is 19.3 Å². The molecule has 2 heterocycles. The summed E-state index contributed by atoms with van der Waals surface area (Å²) in [6.45, 7) is 5.58. The van der Waals surface area contributed by atoms with Gasteiger partial charge in [-0.3, -0.25) is 9.69 Å². The van der Waals surface area contributed by atoms with Gasteiger partial charge in [-0.25, -0.2) is 4.98 Å². The van der Waals surface area contributed by atoms with Crippen LogP contribution >= 0.6 is 11.3 Å². The highest BCUT2D eigenvalue weighted by Gasteiger charge is 2.21. The van der Waals surface area contributed by atoms with Crippen LogP contribution in [0.1, 0.15) is 18.4 Å². The summed E-state index contributed by atoms with van der Waals surface area (Å²) in [6.07, 6.45) is 2.24. The first-order chi connectivity index (χ1) is 14.3. The highest BCUT2D eigenvalue weighted by molar-refractivity contribution is 7.22. The zero-order valence-corrected chi connectivity index (χ0v) is 17.5. The highest BCUT2D eigenvalue weighted by Crippen LogP contribution is 2.29. The van der Waals surface area contributed by atoms with Crippen LogP contribution in [0.25, 0.3) is 10.2 Å². The van der Waals surface area contributed by atoms with E-state index >= 15 is 0 Å². The van der Waals surface area contributed by atoms with Crippen LogP contribution in [0.3, 0.4) is 0 Å². The second-order valence-corrected chi connectivity index (χ2v) is 8.47. The molecule has 1 aliphatic rings. The van der Waals surface area contributed by atoms with Crippen LogP contribution in [0.15, 0.2) is 54.6 Å². The number of fused-ring (bicyclic) bond motifs is 1. The van der Waals surface area contributed by atoms with Crippen LogP contribution in [0.4, 0.5) is 5.13 Å². The average molecular weight is 411 g/mol. The van der Waals surface area contributed by atoms with E-state index in [0.29, 0.717) is 6.42 Å². The van der Waals surface area contributed by atoms with E-state index < -0.39 is 0 Å². The summed E-state index contributed by atoms with van der Waals surface area (Å²) in [7, 11) is 0. The summed E-state index contributed by atoms with van der Waals surface area (Å²) < 4.78 is 6.58. The fourth-order valence-corrected chi connectivity index (χ4v) is 4.74. The third-order valence-electron chi connectivity index (χ3n) is 5.40. The molecule has 1 amide bonds. The number of thiazole rings is 1. The van der Waals surface area contributed by atoms with Crippen molar-refractivity contribution in [1.82, 2.24) is 4.98 Å². The van der Waals surface area contributed by atoms with Crippen LogP contribution in [0.5, 0.6) is 0 Å². The Bertz CT molecular complexity index is 889. The number of amides is 1. The molecule has 0 saturated carbocycles. The van der Waals surface area contributed by atoms with Crippen molar-refractivity contribution in [3.05, 3.63) is 60.2 Å². The number of nitrogens with zero attached hydrogens (tertiary/aromatic N) is 2. The van der Waals surface area contributed by atoms with Crippen LogP contribution in [-0.2, 0) is 16.0 Å². The number of ether oxygens (including phenoxy) is 1. The topological polar surface area (TPSA) is 46.9 Å². The van der Waals surface area contributed by atoms with Crippen molar-refractivity contribution in [2.75, 3.05) is 44.3 Å². The van der Waals surface area contributed by atoms with Crippen LogP contribution < -0.4 is 9.80 Å². The van der Waals surface area contributed by atoms with E-state index in [1.165, 1.54) is 5.56 Å². The molecule has 0 spiro atoms. The number of hydrogen-bond donors (Lipinski definition) is 1. The number of nitrogens with one attached hydrogen (secondary N) is 1. The summed E-state index contributed by atoms with van der Waals surface area (Å²) in [4.78, 5) is 21.4. The number of anilines is 1. The molecule has 29 heavy (non-hydrogen) atoms. The van der Waals surface area contributed by atoms with Gasteiger partial charge in [0, 0.05) is 19.4 Å². The van der Waals surface area contributed by atoms with Crippen LogP contribution in [0, 0.1) is 0 Å². The summed E-state index contributed by atoms with van der Waals surface area (Å²) >= 11 is 1.61. The van der Waals surface area contributed by atoms with Gasteiger partial charge < -0.3 is 9.64 Å². The normalized spacial score (nSPS) is 14.9. The predicted octanol–water partition coefficient (Wildman–Crippen LogP) is 2.57. The molecule has 152 valence electrons. The fourth-order valence-electron chi connectivity index (χ4n) is 3.73. The Balaban J connectivity index is 1.44. The van der Waals surface area contributed by atoms with Gasteiger partial charge in [-0.1, -0.05) is 53.8 Å². The lowest BCUT2D eigenvalue weighted by Crippen LogP contribution is -3.14. The molecule has 2 aromatic carbocycles. The standard InChI is InChI=1S/C23H27N3O2S/c27-22(12-11-19-7-2-1-3-8-19)26(14-6-13-25-15-17-28-18-16-25)23-24-20-9-4-5-10-21(20)29-23/h1-5,7-10H,6,11-18H2/p+1. The molecular weight excluding hydrogens is 382 g/mol. The third kappa shape index (κ3) is 5.41. The van der Waals surface area contributed by atoms with Crippen molar-refractivity contribution < 1.29 is 14.4 Å². The lowest BCUT2D eigenvalue weighted by Gasteiger charge is -2.25. The Morgan fingerprint density at radius 3 is 2.62 bits per heavy atom. The Labute approximate surface area is 175 Å². The van der Waals surface area contributed by atoms with Gasteiger partial charge in [-0.2, -0.15) is 0 Å². The lowest BCUT2D eigenvalue weighted by atomic mass is 10.1. The molecule has 0 bridgehead atoms. The Hall–Kier alpha value is -2.28. The van der Waals surface area contributed by atoms with E-state index in [9.17, 15) is 4.79 Å². The third-order valence-corrected chi connectivity index (χ3v) is 6.46. The number of carbonyl (C=O) groups excluding carboxylic acids is 1. The minimum absolute atomic E-state index is 0.157. The molecule has 4 rings (SSSR count). The first-order valence-corrected chi connectivity index (χ1v) is 11.2. The van der Waals surface area contributed by atoms with Crippen molar-refractivity contribution in [3.63, 3.8) is 0 Å². The van der Waals surface area contributed by atoms with Gasteiger partial charge in [-0.15, -0.1) is 0 Å². The molecule has 0 atom stereocenters. The second kappa shape index (κ2) is 9.96. The van der Waals surface area contributed by atoms with Gasteiger partial charge in [0.1, 0.15) is 13.1 Å². The maximum atomic E-state index is 13.1. The van der Waals surface area contributed by atoms with Crippen molar-refractivity contribution >= 4 is 32.6 Å². The maximum Gasteiger partial charge on any atom is 0.229 e.